The molecule has 0 radical (unpaired) electrons. The van der Waals surface area contributed by atoms with Crippen LogP contribution in [0.1, 0.15) is 43.9 Å². The van der Waals surface area contributed by atoms with Crippen LogP contribution < -0.4 is 5.32 Å². The molecule has 1 aromatic carbocycles. The van der Waals surface area contributed by atoms with E-state index in [2.05, 4.69) is 12.2 Å². The van der Waals surface area contributed by atoms with E-state index in [-0.39, 0.29) is 11.6 Å². The van der Waals surface area contributed by atoms with Gasteiger partial charge in [-0.05, 0) is 44.4 Å². The topological polar surface area (TPSA) is 12.0 Å². The normalized spacial score (nSPS) is 20.1. The maximum Gasteiger partial charge on any atom is 0.416 e. The van der Waals surface area contributed by atoms with Crippen molar-refractivity contribution >= 4 is 0 Å². The lowest BCUT2D eigenvalue weighted by Crippen LogP contribution is -2.30. The molecule has 1 N–H and O–H groups in total. The maximum atomic E-state index is 12.4. The molecule has 0 amide bonds. The summed E-state index contributed by atoms with van der Waals surface area (Å²) in [6.45, 7) is 4.11. The zero-order chi connectivity index (χ0) is 12.7. The van der Waals surface area contributed by atoms with Crippen LogP contribution in [0, 0.1) is 0 Å². The molecule has 0 aromatic heterocycles. The van der Waals surface area contributed by atoms with Gasteiger partial charge in [-0.3, -0.25) is 0 Å². The van der Waals surface area contributed by atoms with Gasteiger partial charge in [0, 0.05) is 11.6 Å². The van der Waals surface area contributed by atoms with Gasteiger partial charge in [0.1, 0.15) is 0 Å². The van der Waals surface area contributed by atoms with Gasteiger partial charge in [0.05, 0.1) is 5.56 Å². The SMILES string of the molecule is CC(NC1(C)CC1)c1ccc(C(F)(F)F)cc1. The standard InChI is InChI=1S/C13H16F3N/c1-9(17-12(2)7-8-12)10-3-5-11(6-4-10)13(14,15)16/h3-6,9,17H,7-8H2,1-2H3. The van der Waals surface area contributed by atoms with Crippen LogP contribution in [0.5, 0.6) is 0 Å². The fraction of sp³-hybridized carbons (Fsp3) is 0.538. The minimum absolute atomic E-state index is 0.0878. The molecule has 4 heteroatoms. The zero-order valence-electron chi connectivity index (χ0n) is 9.93. The van der Waals surface area contributed by atoms with E-state index in [9.17, 15) is 13.2 Å². The Bertz CT molecular complexity index is 390. The van der Waals surface area contributed by atoms with Crippen LogP contribution >= 0.6 is 0 Å². The first kappa shape index (κ1) is 12.4. The second kappa shape index (κ2) is 4.02. The van der Waals surface area contributed by atoms with E-state index in [4.69, 9.17) is 0 Å². The first-order valence-corrected chi connectivity index (χ1v) is 5.75. The van der Waals surface area contributed by atoms with E-state index in [1.54, 1.807) is 12.1 Å². The first-order chi connectivity index (χ1) is 7.80. The largest absolute Gasteiger partial charge is 0.416 e. The van der Waals surface area contributed by atoms with Crippen molar-refractivity contribution < 1.29 is 13.2 Å². The van der Waals surface area contributed by atoms with Gasteiger partial charge in [0.2, 0.25) is 0 Å². The summed E-state index contributed by atoms with van der Waals surface area (Å²) in [7, 11) is 0. The second-order valence-corrected chi connectivity index (χ2v) is 5.05. The molecule has 1 saturated carbocycles. The molecular formula is C13H16F3N. The first-order valence-electron chi connectivity index (χ1n) is 5.75. The Balaban J connectivity index is 2.07. The van der Waals surface area contributed by atoms with Crippen molar-refractivity contribution in [1.82, 2.24) is 5.32 Å². The van der Waals surface area contributed by atoms with Crippen LogP contribution in [0.15, 0.2) is 24.3 Å². The highest BCUT2D eigenvalue weighted by atomic mass is 19.4. The van der Waals surface area contributed by atoms with E-state index in [0.29, 0.717) is 0 Å². The fourth-order valence-corrected chi connectivity index (χ4v) is 1.90. The fourth-order valence-electron chi connectivity index (χ4n) is 1.90. The van der Waals surface area contributed by atoms with Crippen LogP contribution in [0.2, 0.25) is 0 Å². The Morgan fingerprint density at radius 1 is 1.18 bits per heavy atom. The smallest absolute Gasteiger partial charge is 0.305 e. The van der Waals surface area contributed by atoms with Gasteiger partial charge in [-0.2, -0.15) is 13.2 Å². The minimum atomic E-state index is -4.25. The monoisotopic (exact) mass is 243 g/mol. The van der Waals surface area contributed by atoms with Gasteiger partial charge >= 0.3 is 6.18 Å². The molecule has 1 unspecified atom stereocenters. The van der Waals surface area contributed by atoms with Gasteiger partial charge in [0.15, 0.2) is 0 Å². The van der Waals surface area contributed by atoms with E-state index >= 15 is 0 Å². The van der Waals surface area contributed by atoms with Gasteiger partial charge in [-0.1, -0.05) is 12.1 Å². The molecule has 17 heavy (non-hydrogen) atoms. The Kier molecular flexibility index (Phi) is 2.94. The summed E-state index contributed by atoms with van der Waals surface area (Å²) in [4.78, 5) is 0. The molecule has 1 nitrogen and oxygen atoms in total. The quantitative estimate of drug-likeness (QED) is 0.848. The molecule has 1 aliphatic rings. The van der Waals surface area contributed by atoms with Gasteiger partial charge in [0.25, 0.3) is 0 Å². The maximum absolute atomic E-state index is 12.4. The van der Waals surface area contributed by atoms with Crippen molar-refractivity contribution in [3.8, 4) is 0 Å². The molecule has 2 rings (SSSR count). The number of hydrogen-bond donors (Lipinski definition) is 1. The predicted octanol–water partition coefficient (Wildman–Crippen LogP) is 3.91. The molecule has 0 aliphatic heterocycles. The van der Waals surface area contributed by atoms with Crippen molar-refractivity contribution in [3.05, 3.63) is 35.4 Å². The Hall–Kier alpha value is -1.03. The zero-order valence-corrected chi connectivity index (χ0v) is 9.93. The summed E-state index contributed by atoms with van der Waals surface area (Å²) in [6, 6.07) is 5.47. The third kappa shape index (κ3) is 3.00. The van der Waals surface area contributed by atoms with E-state index in [1.165, 1.54) is 0 Å². The molecule has 0 saturated heterocycles. The summed E-state index contributed by atoms with van der Waals surface area (Å²) in [5.41, 5.74) is 0.486. The van der Waals surface area contributed by atoms with Crippen LogP contribution in [0.25, 0.3) is 0 Å². The van der Waals surface area contributed by atoms with Gasteiger partial charge in [-0.25, -0.2) is 0 Å². The van der Waals surface area contributed by atoms with Crippen LogP contribution in [-0.2, 0) is 6.18 Å². The summed E-state index contributed by atoms with van der Waals surface area (Å²) in [6.07, 6.45) is -1.98. The highest BCUT2D eigenvalue weighted by molar-refractivity contribution is 5.27. The average Bonchev–Trinajstić information content (AvgIpc) is 2.95. The summed E-state index contributed by atoms with van der Waals surface area (Å²) >= 11 is 0. The third-order valence-corrected chi connectivity index (χ3v) is 3.30. The summed E-state index contributed by atoms with van der Waals surface area (Å²) < 4.78 is 37.2. The molecular weight excluding hydrogens is 227 g/mol. The van der Waals surface area contributed by atoms with Crippen molar-refractivity contribution in [2.45, 2.75) is 44.4 Å². The van der Waals surface area contributed by atoms with E-state index < -0.39 is 11.7 Å². The highest BCUT2D eigenvalue weighted by Gasteiger charge is 2.38. The molecule has 94 valence electrons. The highest BCUT2D eigenvalue weighted by Crippen LogP contribution is 2.37. The number of halogens is 3. The van der Waals surface area contributed by atoms with Crippen molar-refractivity contribution in [2.75, 3.05) is 0 Å². The lowest BCUT2D eigenvalue weighted by atomic mass is 10.0. The predicted molar refractivity (Wildman–Crippen MR) is 60.6 cm³/mol. The average molecular weight is 243 g/mol. The molecule has 1 aromatic rings. The summed E-state index contributed by atoms with van der Waals surface area (Å²) in [5.74, 6) is 0. The molecule has 0 spiro atoms. The summed E-state index contributed by atoms with van der Waals surface area (Å²) in [5, 5.41) is 3.42. The Morgan fingerprint density at radius 3 is 2.12 bits per heavy atom. The molecule has 1 fully saturated rings. The van der Waals surface area contributed by atoms with E-state index in [1.807, 2.05) is 6.92 Å². The van der Waals surface area contributed by atoms with E-state index in [0.717, 1.165) is 30.5 Å². The minimum Gasteiger partial charge on any atom is -0.305 e. The molecule has 0 heterocycles. The Morgan fingerprint density at radius 2 is 1.71 bits per heavy atom. The number of rotatable bonds is 3. The number of hydrogen-bond acceptors (Lipinski definition) is 1. The van der Waals surface area contributed by atoms with Gasteiger partial charge in [-0.15, -0.1) is 0 Å². The molecule has 1 aliphatic carbocycles. The van der Waals surface area contributed by atoms with Crippen LogP contribution in [0.4, 0.5) is 13.2 Å². The van der Waals surface area contributed by atoms with Crippen LogP contribution in [-0.4, -0.2) is 5.54 Å². The third-order valence-electron chi connectivity index (χ3n) is 3.30. The van der Waals surface area contributed by atoms with Gasteiger partial charge < -0.3 is 5.32 Å². The molecule has 1 atom stereocenters. The second-order valence-electron chi connectivity index (χ2n) is 5.05. The lowest BCUT2D eigenvalue weighted by molar-refractivity contribution is -0.137. The number of nitrogens with one attached hydrogen (secondary N) is 1. The number of alkyl halides is 3. The lowest BCUT2D eigenvalue weighted by Gasteiger charge is -2.20. The van der Waals surface area contributed by atoms with Crippen LogP contribution in [0.3, 0.4) is 0 Å². The van der Waals surface area contributed by atoms with Crippen molar-refractivity contribution in [3.63, 3.8) is 0 Å². The van der Waals surface area contributed by atoms with Crippen molar-refractivity contribution in [2.24, 2.45) is 0 Å². The Labute approximate surface area is 99.0 Å². The van der Waals surface area contributed by atoms with Crippen molar-refractivity contribution in [1.29, 1.82) is 0 Å². The number of benzene rings is 1. The molecule has 0 bridgehead atoms.